The number of sulfonamides is 1. The third kappa shape index (κ3) is 3.42. The van der Waals surface area contributed by atoms with Crippen molar-refractivity contribution in [1.29, 1.82) is 5.26 Å². The minimum absolute atomic E-state index is 0.0288. The summed E-state index contributed by atoms with van der Waals surface area (Å²) in [7, 11) is -3.80. The molecule has 10 nitrogen and oxygen atoms in total. The molecule has 0 spiro atoms. The number of para-hydroxylation sites is 1. The van der Waals surface area contributed by atoms with Crippen molar-refractivity contribution in [3.05, 3.63) is 72.5 Å². The van der Waals surface area contributed by atoms with Crippen LogP contribution in [0.2, 0.25) is 0 Å². The first-order valence-corrected chi connectivity index (χ1v) is 12.4. The minimum atomic E-state index is -3.80. The molecule has 0 atom stereocenters. The van der Waals surface area contributed by atoms with Gasteiger partial charge in [0, 0.05) is 31.6 Å². The van der Waals surface area contributed by atoms with Crippen LogP contribution in [0, 0.1) is 11.3 Å². The second kappa shape index (κ2) is 8.19. The van der Waals surface area contributed by atoms with Crippen molar-refractivity contribution in [2.24, 2.45) is 0 Å². The average molecular weight is 486 g/mol. The van der Waals surface area contributed by atoms with E-state index in [4.69, 9.17) is 9.40 Å². The van der Waals surface area contributed by atoms with E-state index < -0.39 is 10.0 Å². The van der Waals surface area contributed by atoms with Gasteiger partial charge in [0.2, 0.25) is 21.8 Å². The third-order valence-electron chi connectivity index (χ3n) is 6.12. The molecule has 3 aromatic heterocycles. The number of rotatable bonds is 4. The summed E-state index contributed by atoms with van der Waals surface area (Å²) in [6.07, 6.45) is 1.58. The summed E-state index contributed by atoms with van der Waals surface area (Å²) in [6.45, 7) is 1.31. The molecule has 0 bridgehead atoms. The van der Waals surface area contributed by atoms with Crippen LogP contribution in [-0.2, 0) is 10.0 Å². The zero-order valence-electron chi connectivity index (χ0n) is 18.4. The lowest BCUT2D eigenvalue weighted by Crippen LogP contribution is -2.49. The number of aromatic nitrogens is 4. The van der Waals surface area contributed by atoms with Gasteiger partial charge < -0.3 is 9.32 Å². The van der Waals surface area contributed by atoms with Gasteiger partial charge in [-0.2, -0.15) is 9.57 Å². The number of piperazine rings is 1. The summed E-state index contributed by atoms with van der Waals surface area (Å²) < 4.78 is 35.4. The first kappa shape index (κ1) is 21.3. The van der Waals surface area contributed by atoms with E-state index in [1.807, 2.05) is 45.7 Å². The molecule has 0 unspecified atom stereocenters. The molecule has 0 aliphatic carbocycles. The molecule has 11 heteroatoms. The van der Waals surface area contributed by atoms with Crippen LogP contribution in [-0.4, -0.2) is 58.5 Å². The van der Waals surface area contributed by atoms with Crippen LogP contribution in [0.5, 0.6) is 0 Å². The Morgan fingerprint density at radius 2 is 1.69 bits per heavy atom. The second-order valence-electron chi connectivity index (χ2n) is 8.09. The first-order valence-electron chi connectivity index (χ1n) is 11.0. The summed E-state index contributed by atoms with van der Waals surface area (Å²) >= 11 is 0. The van der Waals surface area contributed by atoms with Gasteiger partial charge >= 0.3 is 0 Å². The largest absolute Gasteiger partial charge is 0.461 e. The van der Waals surface area contributed by atoms with Crippen LogP contribution in [0.4, 0.5) is 5.95 Å². The number of furan rings is 1. The van der Waals surface area contributed by atoms with Crippen molar-refractivity contribution < 1.29 is 12.8 Å². The van der Waals surface area contributed by atoms with Gasteiger partial charge in [0.25, 0.3) is 0 Å². The lowest BCUT2D eigenvalue weighted by molar-refractivity contribution is 0.382. The van der Waals surface area contributed by atoms with Gasteiger partial charge in [-0.25, -0.2) is 17.8 Å². The van der Waals surface area contributed by atoms with E-state index in [1.165, 1.54) is 16.4 Å². The van der Waals surface area contributed by atoms with Crippen LogP contribution >= 0.6 is 0 Å². The number of benzene rings is 2. The summed E-state index contributed by atoms with van der Waals surface area (Å²) in [5.74, 6) is 1.70. The molecule has 174 valence electrons. The first-order chi connectivity index (χ1) is 17.1. The Bertz CT molecular complexity index is 1700. The van der Waals surface area contributed by atoms with E-state index in [9.17, 15) is 13.7 Å². The topological polar surface area (TPSA) is 121 Å². The van der Waals surface area contributed by atoms with E-state index in [2.05, 4.69) is 10.2 Å². The van der Waals surface area contributed by atoms with E-state index >= 15 is 0 Å². The molecule has 1 aliphatic heterocycles. The SMILES string of the molecule is N#Cc1ccccc1S(=O)(=O)N1CCN(c2nc3ccccc3c3nnc(-c4ccco4)n23)CC1. The fourth-order valence-corrected chi connectivity index (χ4v) is 5.96. The number of anilines is 1. The maximum absolute atomic E-state index is 13.3. The highest BCUT2D eigenvalue weighted by atomic mass is 32.2. The summed E-state index contributed by atoms with van der Waals surface area (Å²) in [6, 6.07) is 19.5. The molecule has 0 radical (unpaired) electrons. The Morgan fingerprint density at radius 3 is 2.46 bits per heavy atom. The van der Waals surface area contributed by atoms with Gasteiger partial charge in [0.1, 0.15) is 6.07 Å². The molecule has 35 heavy (non-hydrogen) atoms. The quantitative estimate of drug-likeness (QED) is 0.381. The number of nitrogens with zero attached hydrogens (tertiary/aromatic N) is 7. The highest BCUT2D eigenvalue weighted by Crippen LogP contribution is 2.30. The maximum Gasteiger partial charge on any atom is 0.244 e. The van der Waals surface area contributed by atoms with E-state index in [1.54, 1.807) is 24.5 Å². The van der Waals surface area contributed by atoms with Crippen LogP contribution in [0.25, 0.3) is 28.1 Å². The molecule has 1 aliphatic rings. The normalized spacial score (nSPS) is 15.0. The lowest BCUT2D eigenvalue weighted by atomic mass is 10.2. The molecule has 1 saturated heterocycles. The fraction of sp³-hybridized carbons (Fsp3) is 0.167. The zero-order valence-corrected chi connectivity index (χ0v) is 19.3. The molecule has 6 rings (SSSR count). The predicted octanol–water partition coefficient (Wildman–Crippen LogP) is 2.92. The van der Waals surface area contributed by atoms with Gasteiger partial charge in [0.15, 0.2) is 11.4 Å². The summed E-state index contributed by atoms with van der Waals surface area (Å²) in [4.78, 5) is 6.95. The fourth-order valence-electron chi connectivity index (χ4n) is 4.40. The molecule has 4 heterocycles. The minimum Gasteiger partial charge on any atom is -0.461 e. The van der Waals surface area contributed by atoms with Crippen molar-refractivity contribution in [3.8, 4) is 17.7 Å². The average Bonchev–Trinajstić information content (AvgIpc) is 3.59. The van der Waals surface area contributed by atoms with Crippen molar-refractivity contribution in [3.63, 3.8) is 0 Å². The Balaban J connectivity index is 1.39. The van der Waals surface area contributed by atoms with Crippen LogP contribution in [0.1, 0.15) is 5.56 Å². The van der Waals surface area contributed by atoms with Crippen LogP contribution < -0.4 is 4.90 Å². The van der Waals surface area contributed by atoms with Gasteiger partial charge in [0.05, 0.1) is 22.2 Å². The van der Waals surface area contributed by atoms with E-state index in [-0.39, 0.29) is 23.5 Å². The molecule has 0 amide bonds. The van der Waals surface area contributed by atoms with Crippen LogP contribution in [0.15, 0.2) is 76.2 Å². The molecular formula is C24H19N7O3S. The number of fused-ring (bicyclic) bond motifs is 3. The highest BCUT2D eigenvalue weighted by Gasteiger charge is 2.32. The highest BCUT2D eigenvalue weighted by molar-refractivity contribution is 7.89. The Labute approximate surface area is 200 Å². The van der Waals surface area contributed by atoms with Crippen molar-refractivity contribution in [2.75, 3.05) is 31.1 Å². The van der Waals surface area contributed by atoms with Gasteiger partial charge in [-0.1, -0.05) is 24.3 Å². The molecule has 5 aromatic rings. The Kier molecular flexibility index (Phi) is 4.98. The van der Waals surface area contributed by atoms with E-state index in [0.717, 1.165) is 10.9 Å². The number of nitriles is 1. The van der Waals surface area contributed by atoms with Gasteiger partial charge in [-0.15, -0.1) is 10.2 Å². The van der Waals surface area contributed by atoms with Gasteiger partial charge in [-0.05, 0) is 36.4 Å². The molecular weight excluding hydrogens is 466 g/mol. The number of hydrogen-bond donors (Lipinski definition) is 0. The molecule has 0 saturated carbocycles. The van der Waals surface area contributed by atoms with Gasteiger partial charge in [-0.3, -0.25) is 0 Å². The zero-order chi connectivity index (χ0) is 24.0. The summed E-state index contributed by atoms with van der Waals surface area (Å²) in [5.41, 5.74) is 1.56. The Morgan fingerprint density at radius 1 is 0.914 bits per heavy atom. The molecule has 0 N–H and O–H groups in total. The van der Waals surface area contributed by atoms with Crippen molar-refractivity contribution >= 4 is 32.5 Å². The smallest absolute Gasteiger partial charge is 0.244 e. The van der Waals surface area contributed by atoms with Crippen molar-refractivity contribution in [2.45, 2.75) is 4.90 Å². The predicted molar refractivity (Wildman–Crippen MR) is 128 cm³/mol. The lowest BCUT2D eigenvalue weighted by Gasteiger charge is -2.35. The monoisotopic (exact) mass is 485 g/mol. The second-order valence-corrected chi connectivity index (χ2v) is 9.99. The van der Waals surface area contributed by atoms with Crippen molar-refractivity contribution in [1.82, 2.24) is 23.9 Å². The standard InChI is InChI=1S/C24H19N7O3S/c25-16-17-6-1-4-10-21(17)35(32,33)30-13-11-29(12-14-30)24-26-19-8-3-2-7-18(19)22-27-28-23(31(22)24)20-9-5-15-34-20/h1-10,15H,11-14H2. The summed E-state index contributed by atoms with van der Waals surface area (Å²) in [5, 5.41) is 19.0. The Hall–Kier alpha value is -4.27. The van der Waals surface area contributed by atoms with E-state index in [0.29, 0.717) is 36.3 Å². The maximum atomic E-state index is 13.3. The number of hydrogen-bond acceptors (Lipinski definition) is 8. The molecule has 2 aromatic carbocycles. The third-order valence-corrected chi connectivity index (χ3v) is 8.07. The van der Waals surface area contributed by atoms with Crippen LogP contribution in [0.3, 0.4) is 0 Å². The molecule has 1 fully saturated rings.